The SMILES string of the molecule is CNC(=O)c1ccc(Nc2nc(OC)c3c(-c4ccnc(C)c4)c[nH]c3n2)c(OC)c1.CNC(=O)c1ccc(Nc2nc(OC3CCOCC3)c3c(-c4ccnc(C)c4)c[nH]c3n2)c(OC)c1.CNC(=O)c1ccc(Nc2nc(O[C@H]3CCOC3)c3c(-c4ccn(C)c4)c[nH]c3n2)c(C)c1. The second-order valence-electron chi connectivity index (χ2n) is 23.5. The van der Waals surface area contributed by atoms with Crippen LogP contribution in [0.3, 0.4) is 0 Å². The van der Waals surface area contributed by atoms with Gasteiger partial charge in [-0.05, 0) is 122 Å². The molecule has 14 rings (SSSR count). The molecule has 1 atom stereocenters. The fourth-order valence-electron chi connectivity index (χ4n) is 11.6. The first-order chi connectivity index (χ1) is 48.6. The average Bonchev–Trinajstić information content (AvgIpc) is 0.925. The van der Waals surface area contributed by atoms with E-state index in [0.29, 0.717) is 118 Å². The van der Waals surface area contributed by atoms with Gasteiger partial charge >= 0.3 is 0 Å². The lowest BCUT2D eigenvalue weighted by Gasteiger charge is -2.23. The molecule has 3 aromatic carbocycles. The molecule has 0 spiro atoms. The molecular formula is C72H76N18O10. The Morgan fingerprint density at radius 1 is 0.490 bits per heavy atom. The molecule has 2 aliphatic rings. The first-order valence-electron chi connectivity index (χ1n) is 32.2. The van der Waals surface area contributed by atoms with Gasteiger partial charge in [-0.1, -0.05) is 0 Å². The normalized spacial score (nSPS) is 13.5. The highest BCUT2D eigenvalue weighted by atomic mass is 16.6. The lowest BCUT2D eigenvalue weighted by molar-refractivity contribution is 0.0244. The van der Waals surface area contributed by atoms with E-state index in [1.54, 1.807) is 90.2 Å². The Labute approximate surface area is 574 Å². The van der Waals surface area contributed by atoms with Gasteiger partial charge in [0.05, 0.1) is 75.3 Å². The monoisotopic (exact) mass is 1350 g/mol. The molecule has 9 N–H and O–H groups in total. The Hall–Kier alpha value is -12.2. The number of nitrogens with zero attached hydrogens (tertiary/aromatic N) is 9. The van der Waals surface area contributed by atoms with Crippen LogP contribution in [0.1, 0.15) is 67.3 Å². The van der Waals surface area contributed by atoms with Gasteiger partial charge in [-0.15, -0.1) is 0 Å². The average molecular weight is 1350 g/mol. The lowest BCUT2D eigenvalue weighted by atomic mass is 10.1. The summed E-state index contributed by atoms with van der Waals surface area (Å²) in [6.07, 6.45) is 15.7. The highest BCUT2D eigenvalue weighted by Gasteiger charge is 2.26. The second kappa shape index (κ2) is 30.5. The molecule has 2 aliphatic heterocycles. The number of H-pyrrole nitrogens is 3. The van der Waals surface area contributed by atoms with E-state index in [0.717, 1.165) is 91.4 Å². The van der Waals surface area contributed by atoms with Crippen molar-refractivity contribution in [2.75, 3.05) is 84.9 Å². The molecule has 2 fully saturated rings. The summed E-state index contributed by atoms with van der Waals surface area (Å²) in [7, 11) is 11.4. The number of carbonyl (C=O) groups is 3. The van der Waals surface area contributed by atoms with Gasteiger partial charge in [0.2, 0.25) is 35.5 Å². The third-order valence-corrected chi connectivity index (χ3v) is 16.7. The minimum absolute atomic E-state index is 0.00648. The summed E-state index contributed by atoms with van der Waals surface area (Å²) >= 11 is 0. The standard InChI is InChI=1S/C26H28N6O4.C24H26N6O3.C22H22N6O3/c1-15-12-16(6-9-28-15)19-14-29-23-22(19)25(36-18-7-10-35-11-8-18)32-26(31-23)30-20-5-4-17(24(33)27-2)13-21(20)34-3;1-14-10-15(22(31)25-2)4-5-19(14)27-24-28-21-20(23(29-24)33-17-7-9-32-13-17)18(11-26-21)16-6-8-30(3)12-16;1-12-9-13(7-8-24-12)15-11-25-19-18(15)21(31-4)28-22(27-19)26-16-6-5-14(20(29)23-2)10-17(16)30-3/h4-6,9,12-14,18H,7-8,10-11H2,1-3H3,(H,27,33)(H2,29,30,31,32);4-6,8,10-12,17H,7,9,13H2,1-3H3,(H,25,31)(H2,26,27,28,29);5-11H,1-4H3,(H,23,29)(H2,25,26,27,28)/t;17-;/m.0./s1. The van der Waals surface area contributed by atoms with Crippen LogP contribution in [0.5, 0.6) is 29.1 Å². The zero-order valence-corrected chi connectivity index (χ0v) is 56.8. The molecule has 0 unspecified atom stereocenters. The van der Waals surface area contributed by atoms with Gasteiger partial charge in [-0.2, -0.15) is 29.9 Å². The number of fused-ring (bicyclic) bond motifs is 3. The number of nitrogens with one attached hydrogen (secondary N) is 9. The van der Waals surface area contributed by atoms with Crippen LogP contribution in [0.2, 0.25) is 0 Å². The van der Waals surface area contributed by atoms with Crippen LogP contribution >= 0.6 is 0 Å². The van der Waals surface area contributed by atoms with Crippen LogP contribution in [0.25, 0.3) is 66.5 Å². The predicted molar refractivity (Wildman–Crippen MR) is 380 cm³/mol. The number of methoxy groups -OCH3 is 3. The number of benzene rings is 3. The van der Waals surface area contributed by atoms with Crippen molar-refractivity contribution in [3.63, 3.8) is 0 Å². The van der Waals surface area contributed by atoms with Crippen LogP contribution < -0.4 is 55.6 Å². The van der Waals surface area contributed by atoms with Crippen LogP contribution in [-0.2, 0) is 16.5 Å². The summed E-state index contributed by atoms with van der Waals surface area (Å²) in [5.41, 5.74) is 14.2. The van der Waals surface area contributed by atoms with E-state index in [2.05, 4.69) is 79.1 Å². The van der Waals surface area contributed by atoms with Gasteiger partial charge in [0.25, 0.3) is 17.7 Å². The number of aromatic nitrogens is 12. The summed E-state index contributed by atoms with van der Waals surface area (Å²) in [6, 6.07) is 25.6. The number of carbonyl (C=O) groups excluding carboxylic acids is 3. The maximum Gasteiger partial charge on any atom is 0.251 e. The van der Waals surface area contributed by atoms with E-state index < -0.39 is 0 Å². The number of anilines is 6. The topological polar surface area (TPSA) is 343 Å². The zero-order valence-electron chi connectivity index (χ0n) is 56.8. The molecule has 0 saturated carbocycles. The number of hydrogen-bond acceptors (Lipinski definition) is 21. The second-order valence-corrected chi connectivity index (χ2v) is 23.5. The molecule has 12 aromatic rings. The molecule has 2 saturated heterocycles. The van der Waals surface area contributed by atoms with Gasteiger partial charge in [-0.25, -0.2) is 0 Å². The van der Waals surface area contributed by atoms with Crippen LogP contribution in [-0.4, -0.2) is 158 Å². The number of aromatic amines is 3. The number of hydrogen-bond donors (Lipinski definition) is 9. The molecule has 0 aliphatic carbocycles. The summed E-state index contributed by atoms with van der Waals surface area (Å²) in [4.78, 5) is 82.2. The van der Waals surface area contributed by atoms with Crippen LogP contribution in [0, 0.1) is 20.8 Å². The number of pyridine rings is 2. The summed E-state index contributed by atoms with van der Waals surface area (Å²) in [5.74, 6) is 2.96. The van der Waals surface area contributed by atoms with Crippen molar-refractivity contribution >= 4 is 85.7 Å². The Bertz CT molecular complexity index is 4960. The van der Waals surface area contributed by atoms with Gasteiger partial charge in [0.1, 0.15) is 40.6 Å². The summed E-state index contributed by atoms with van der Waals surface area (Å²) in [5, 5.41) is 19.9. The quantitative estimate of drug-likeness (QED) is 0.0363. The molecular weight excluding hydrogens is 1280 g/mol. The number of amides is 3. The van der Waals surface area contributed by atoms with E-state index in [1.807, 2.05) is 93.6 Å². The minimum atomic E-state index is -0.200. The van der Waals surface area contributed by atoms with E-state index in [1.165, 1.54) is 7.11 Å². The molecule has 514 valence electrons. The first kappa shape index (κ1) is 67.8. The van der Waals surface area contributed by atoms with Gasteiger partial charge in [0, 0.05) is 147 Å². The minimum Gasteiger partial charge on any atom is -0.495 e. The van der Waals surface area contributed by atoms with Gasteiger partial charge in [0.15, 0.2) is 0 Å². The lowest BCUT2D eigenvalue weighted by Crippen LogP contribution is -2.26. The molecule has 9 aromatic heterocycles. The number of aryl methyl sites for hydroxylation is 4. The Morgan fingerprint density at radius 2 is 0.920 bits per heavy atom. The Morgan fingerprint density at radius 3 is 1.35 bits per heavy atom. The van der Waals surface area contributed by atoms with E-state index in [9.17, 15) is 14.4 Å². The number of ether oxygens (including phenoxy) is 7. The molecule has 28 heteroatoms. The van der Waals surface area contributed by atoms with E-state index in [4.69, 9.17) is 53.1 Å². The summed E-state index contributed by atoms with van der Waals surface area (Å²) in [6.45, 7) is 8.36. The predicted octanol–water partition coefficient (Wildman–Crippen LogP) is 11.0. The van der Waals surface area contributed by atoms with E-state index >= 15 is 0 Å². The van der Waals surface area contributed by atoms with Crippen molar-refractivity contribution in [3.05, 3.63) is 162 Å². The van der Waals surface area contributed by atoms with Crippen molar-refractivity contribution in [1.82, 2.24) is 75.3 Å². The molecule has 0 radical (unpaired) electrons. The van der Waals surface area contributed by atoms with Crippen molar-refractivity contribution in [1.29, 1.82) is 0 Å². The van der Waals surface area contributed by atoms with Crippen molar-refractivity contribution in [3.8, 4) is 62.5 Å². The largest absolute Gasteiger partial charge is 0.495 e. The smallest absolute Gasteiger partial charge is 0.251 e. The van der Waals surface area contributed by atoms with Crippen LogP contribution in [0.15, 0.2) is 128 Å². The molecule has 11 heterocycles. The summed E-state index contributed by atoms with van der Waals surface area (Å²) < 4.78 is 42.2. The Balaban J connectivity index is 0.000000143. The first-order valence-corrected chi connectivity index (χ1v) is 32.2. The third-order valence-electron chi connectivity index (χ3n) is 16.7. The highest BCUT2D eigenvalue weighted by molar-refractivity contribution is 6.01. The van der Waals surface area contributed by atoms with E-state index in [-0.39, 0.29) is 29.9 Å². The highest BCUT2D eigenvalue weighted by Crippen LogP contribution is 2.40. The molecule has 100 heavy (non-hydrogen) atoms. The van der Waals surface area contributed by atoms with Crippen molar-refractivity contribution < 1.29 is 47.5 Å². The van der Waals surface area contributed by atoms with Gasteiger partial charge in [-0.3, -0.25) is 24.4 Å². The third kappa shape index (κ3) is 15.2. The fraction of sp³-hybridized carbons (Fsp3) is 0.264. The maximum atomic E-state index is 12.0. The van der Waals surface area contributed by atoms with Crippen molar-refractivity contribution in [2.45, 2.75) is 52.2 Å². The Kier molecular flexibility index (Phi) is 20.7. The molecule has 28 nitrogen and oxygen atoms in total. The fourth-order valence-corrected chi connectivity index (χ4v) is 11.6. The molecule has 3 amide bonds. The van der Waals surface area contributed by atoms with Crippen molar-refractivity contribution in [2.24, 2.45) is 7.05 Å². The maximum absolute atomic E-state index is 12.0. The van der Waals surface area contributed by atoms with Gasteiger partial charge < -0.3 is 84.6 Å². The molecule has 0 bridgehead atoms. The number of rotatable bonds is 19. The zero-order chi connectivity index (χ0) is 70.0. The van der Waals surface area contributed by atoms with Crippen LogP contribution in [0.4, 0.5) is 34.9 Å².